The van der Waals surface area contributed by atoms with Crippen LogP contribution in [0, 0.1) is 20.8 Å². The number of hydrogen-bond acceptors (Lipinski definition) is 2. The van der Waals surface area contributed by atoms with Crippen LogP contribution in [0.2, 0.25) is 0 Å². The first-order valence-electron chi connectivity index (χ1n) is 5.99. The van der Waals surface area contributed by atoms with Crippen molar-refractivity contribution in [2.75, 3.05) is 0 Å². The number of aromatic nitrogens is 2. The van der Waals surface area contributed by atoms with Crippen molar-refractivity contribution >= 4 is 33.1 Å². The van der Waals surface area contributed by atoms with E-state index < -0.39 is 0 Å². The third-order valence-electron chi connectivity index (χ3n) is 3.24. The van der Waals surface area contributed by atoms with Crippen molar-refractivity contribution < 1.29 is 0 Å². The molecule has 0 aliphatic carbocycles. The van der Waals surface area contributed by atoms with Crippen molar-refractivity contribution in [3.8, 4) is 0 Å². The normalized spacial score (nSPS) is 10.7. The van der Waals surface area contributed by atoms with Gasteiger partial charge in [0.1, 0.15) is 4.99 Å². The molecule has 0 fully saturated rings. The van der Waals surface area contributed by atoms with Gasteiger partial charge in [-0.25, -0.2) is 0 Å². The van der Waals surface area contributed by atoms with Crippen LogP contribution in [0.5, 0.6) is 0 Å². The molecule has 0 saturated heterocycles. The van der Waals surface area contributed by atoms with Gasteiger partial charge in [-0.2, -0.15) is 5.10 Å². The summed E-state index contributed by atoms with van der Waals surface area (Å²) in [6, 6.07) is 6.05. The molecule has 100 valence electrons. The highest BCUT2D eigenvalue weighted by Crippen LogP contribution is 2.21. The highest BCUT2D eigenvalue weighted by atomic mass is 79.9. The van der Waals surface area contributed by atoms with E-state index in [-0.39, 0.29) is 0 Å². The van der Waals surface area contributed by atoms with Crippen molar-refractivity contribution in [2.24, 2.45) is 5.73 Å². The third-order valence-corrected chi connectivity index (χ3v) is 4.62. The Hall–Kier alpha value is -1.20. The Balaban J connectivity index is 2.33. The summed E-state index contributed by atoms with van der Waals surface area (Å²) in [4.78, 5) is 0.434. The van der Waals surface area contributed by atoms with E-state index >= 15 is 0 Å². The fourth-order valence-electron chi connectivity index (χ4n) is 2.02. The average Bonchev–Trinajstić information content (AvgIpc) is 2.59. The molecule has 2 rings (SSSR count). The predicted molar refractivity (Wildman–Crippen MR) is 85.6 cm³/mol. The minimum absolute atomic E-state index is 0.434. The molecule has 2 aromatic rings. The number of nitrogens with zero attached hydrogens (tertiary/aromatic N) is 2. The first-order valence-corrected chi connectivity index (χ1v) is 7.19. The van der Waals surface area contributed by atoms with Crippen molar-refractivity contribution in [1.29, 1.82) is 0 Å². The summed E-state index contributed by atoms with van der Waals surface area (Å²) in [6.45, 7) is 6.87. The fourth-order valence-corrected chi connectivity index (χ4v) is 2.43. The Morgan fingerprint density at radius 2 is 2.05 bits per heavy atom. The minimum Gasteiger partial charge on any atom is -0.389 e. The maximum atomic E-state index is 5.64. The van der Waals surface area contributed by atoms with Crippen LogP contribution >= 0.6 is 28.1 Å². The Labute approximate surface area is 126 Å². The maximum Gasteiger partial charge on any atom is 0.103 e. The molecule has 19 heavy (non-hydrogen) atoms. The van der Waals surface area contributed by atoms with Crippen LogP contribution in [0.4, 0.5) is 0 Å². The summed E-state index contributed by atoms with van der Waals surface area (Å²) in [5.74, 6) is 0. The van der Waals surface area contributed by atoms with Gasteiger partial charge in [-0.15, -0.1) is 0 Å². The van der Waals surface area contributed by atoms with Gasteiger partial charge in [-0.1, -0.05) is 24.4 Å². The molecule has 2 N–H and O–H groups in total. The van der Waals surface area contributed by atoms with Gasteiger partial charge in [-0.3, -0.25) is 4.68 Å². The average molecular weight is 338 g/mol. The van der Waals surface area contributed by atoms with E-state index in [1.807, 2.05) is 23.7 Å². The van der Waals surface area contributed by atoms with Gasteiger partial charge in [-0.05, 0) is 53.9 Å². The Bertz CT molecular complexity index is 646. The van der Waals surface area contributed by atoms with E-state index in [2.05, 4.69) is 40.9 Å². The van der Waals surface area contributed by atoms with Gasteiger partial charge in [0.2, 0.25) is 0 Å². The van der Waals surface area contributed by atoms with Crippen LogP contribution in [-0.2, 0) is 6.54 Å². The molecule has 0 aliphatic rings. The number of benzene rings is 1. The van der Waals surface area contributed by atoms with Crippen LogP contribution in [-0.4, -0.2) is 14.8 Å². The molecule has 1 aromatic carbocycles. The molecular formula is C14H16BrN3S. The van der Waals surface area contributed by atoms with Crippen LogP contribution in [0.25, 0.3) is 0 Å². The van der Waals surface area contributed by atoms with E-state index in [1.165, 1.54) is 11.1 Å². The first-order chi connectivity index (χ1) is 8.90. The van der Waals surface area contributed by atoms with E-state index in [1.54, 1.807) is 0 Å². The Kier molecular flexibility index (Phi) is 4.06. The number of aryl methyl sites for hydroxylation is 2. The van der Waals surface area contributed by atoms with E-state index in [4.69, 9.17) is 18.0 Å². The molecule has 0 atom stereocenters. The van der Waals surface area contributed by atoms with Crippen molar-refractivity contribution in [1.82, 2.24) is 9.78 Å². The van der Waals surface area contributed by atoms with Gasteiger partial charge in [0.05, 0.1) is 22.4 Å². The summed E-state index contributed by atoms with van der Waals surface area (Å²) in [5.41, 5.74) is 11.1. The second-order valence-corrected chi connectivity index (χ2v) is 5.88. The highest BCUT2D eigenvalue weighted by molar-refractivity contribution is 9.10. The largest absolute Gasteiger partial charge is 0.389 e. The zero-order valence-electron chi connectivity index (χ0n) is 11.2. The number of thiocarbonyl (C=S) groups is 1. The lowest BCUT2D eigenvalue weighted by Crippen LogP contribution is -2.11. The minimum atomic E-state index is 0.434. The van der Waals surface area contributed by atoms with Crippen LogP contribution < -0.4 is 5.73 Å². The van der Waals surface area contributed by atoms with Gasteiger partial charge in [0.15, 0.2) is 0 Å². The third kappa shape index (κ3) is 2.87. The number of hydrogen-bond donors (Lipinski definition) is 1. The van der Waals surface area contributed by atoms with Crippen LogP contribution in [0.3, 0.4) is 0 Å². The molecule has 5 heteroatoms. The second-order valence-electron chi connectivity index (χ2n) is 4.65. The van der Waals surface area contributed by atoms with Crippen molar-refractivity contribution in [3.05, 3.63) is 50.8 Å². The molecule has 0 amide bonds. The summed E-state index contributed by atoms with van der Waals surface area (Å²) in [5, 5.41) is 4.52. The summed E-state index contributed by atoms with van der Waals surface area (Å²) in [7, 11) is 0. The van der Waals surface area contributed by atoms with Gasteiger partial charge >= 0.3 is 0 Å². The maximum absolute atomic E-state index is 5.64. The van der Waals surface area contributed by atoms with Crippen LogP contribution in [0.15, 0.2) is 22.7 Å². The topological polar surface area (TPSA) is 43.8 Å². The predicted octanol–water partition coefficient (Wildman–Crippen LogP) is 3.25. The first kappa shape index (κ1) is 14.2. The van der Waals surface area contributed by atoms with E-state index in [0.717, 1.165) is 28.0 Å². The lowest BCUT2D eigenvalue weighted by Gasteiger charge is -2.09. The summed E-state index contributed by atoms with van der Waals surface area (Å²) in [6.07, 6.45) is 0. The van der Waals surface area contributed by atoms with Crippen molar-refractivity contribution in [3.63, 3.8) is 0 Å². The lowest BCUT2D eigenvalue weighted by molar-refractivity contribution is 0.656. The lowest BCUT2D eigenvalue weighted by atomic mass is 10.1. The molecule has 1 heterocycles. The molecule has 1 aromatic heterocycles. The zero-order chi connectivity index (χ0) is 14.2. The summed E-state index contributed by atoms with van der Waals surface area (Å²) < 4.78 is 3.08. The molecule has 0 aliphatic heterocycles. The van der Waals surface area contributed by atoms with Gasteiger partial charge in [0.25, 0.3) is 0 Å². The Morgan fingerprint density at radius 3 is 2.53 bits per heavy atom. The van der Waals surface area contributed by atoms with Gasteiger partial charge in [0, 0.05) is 5.56 Å². The quantitative estimate of drug-likeness (QED) is 0.874. The smallest absolute Gasteiger partial charge is 0.103 e. The number of halogens is 1. The number of nitrogens with two attached hydrogens (primary N) is 1. The second kappa shape index (κ2) is 5.43. The molecule has 0 bridgehead atoms. The SMILES string of the molecule is Cc1cc(C(N)=S)ccc1Cn1nc(C)c(Br)c1C. The summed E-state index contributed by atoms with van der Waals surface area (Å²) >= 11 is 8.54. The molecule has 0 unspecified atom stereocenters. The molecule has 0 saturated carbocycles. The fraction of sp³-hybridized carbons (Fsp3) is 0.286. The Morgan fingerprint density at radius 1 is 1.37 bits per heavy atom. The molecule has 0 radical (unpaired) electrons. The van der Waals surface area contributed by atoms with Crippen LogP contribution in [0.1, 0.15) is 28.1 Å². The highest BCUT2D eigenvalue weighted by Gasteiger charge is 2.10. The monoisotopic (exact) mass is 337 g/mol. The zero-order valence-corrected chi connectivity index (χ0v) is 13.6. The molecular weight excluding hydrogens is 322 g/mol. The van der Waals surface area contributed by atoms with E-state index in [9.17, 15) is 0 Å². The van der Waals surface area contributed by atoms with E-state index in [0.29, 0.717) is 4.99 Å². The van der Waals surface area contributed by atoms with Crippen molar-refractivity contribution in [2.45, 2.75) is 27.3 Å². The number of rotatable bonds is 3. The van der Waals surface area contributed by atoms with Gasteiger partial charge < -0.3 is 5.73 Å². The molecule has 3 nitrogen and oxygen atoms in total. The standard InChI is InChI=1S/C14H16BrN3S/c1-8-6-11(14(16)19)4-5-12(8)7-18-10(3)13(15)9(2)17-18/h4-6H,7H2,1-3H3,(H2,16,19). The molecule has 0 spiro atoms.